The Morgan fingerprint density at radius 3 is 2.79 bits per heavy atom. The Balaban J connectivity index is 2.26. The fourth-order valence-corrected chi connectivity index (χ4v) is 2.17. The Hall–Kier alpha value is -2.11. The molecule has 0 spiro atoms. The average molecular weight is 263 g/mol. The zero-order valence-corrected chi connectivity index (χ0v) is 11.0. The lowest BCUT2D eigenvalue weighted by atomic mass is 10.1. The van der Waals surface area contributed by atoms with Crippen LogP contribution < -0.4 is 10.6 Å². The van der Waals surface area contributed by atoms with E-state index in [-0.39, 0.29) is 17.6 Å². The van der Waals surface area contributed by atoms with Crippen molar-refractivity contribution < 1.29 is 9.72 Å². The van der Waals surface area contributed by atoms with Crippen LogP contribution in [0.5, 0.6) is 0 Å². The van der Waals surface area contributed by atoms with Gasteiger partial charge in [-0.15, -0.1) is 0 Å². The number of nitrogens with zero attached hydrogens (tertiary/aromatic N) is 1. The maximum Gasteiger partial charge on any atom is 0.292 e. The minimum absolute atomic E-state index is 0.00871. The molecule has 0 aromatic heterocycles. The summed E-state index contributed by atoms with van der Waals surface area (Å²) in [5.41, 5.74) is 0.853. The highest BCUT2D eigenvalue weighted by Gasteiger charge is 2.36. The summed E-state index contributed by atoms with van der Waals surface area (Å²) in [6, 6.07) is 4.66. The van der Waals surface area contributed by atoms with Crippen LogP contribution in [0, 0.1) is 16.0 Å². The first kappa shape index (κ1) is 13.3. The van der Waals surface area contributed by atoms with Gasteiger partial charge in [-0.3, -0.25) is 14.9 Å². The van der Waals surface area contributed by atoms with Crippen molar-refractivity contribution in [3.63, 3.8) is 0 Å². The zero-order valence-electron chi connectivity index (χ0n) is 11.0. The van der Waals surface area contributed by atoms with Crippen LogP contribution in [-0.4, -0.2) is 23.9 Å². The molecule has 0 radical (unpaired) electrons. The smallest absolute Gasteiger partial charge is 0.292 e. The third-order valence-corrected chi connectivity index (χ3v) is 3.47. The van der Waals surface area contributed by atoms with Crippen molar-refractivity contribution >= 4 is 17.3 Å². The second-order valence-electron chi connectivity index (χ2n) is 4.72. The molecule has 102 valence electrons. The van der Waals surface area contributed by atoms with Crippen LogP contribution in [0.4, 0.5) is 11.4 Å². The van der Waals surface area contributed by atoms with Gasteiger partial charge in [0.25, 0.3) is 11.6 Å². The number of nitro benzene ring substituents is 1. The third-order valence-electron chi connectivity index (χ3n) is 3.47. The number of hydrogen-bond donors (Lipinski definition) is 2. The summed E-state index contributed by atoms with van der Waals surface area (Å²) in [7, 11) is 1.53. The Labute approximate surface area is 111 Å². The molecule has 0 aliphatic heterocycles. The van der Waals surface area contributed by atoms with Gasteiger partial charge in [0.05, 0.1) is 4.92 Å². The minimum atomic E-state index is -0.431. The molecule has 2 rings (SSSR count). The highest BCUT2D eigenvalue weighted by Crippen LogP contribution is 2.38. The normalized spacial score (nSPS) is 20.7. The predicted molar refractivity (Wildman–Crippen MR) is 72.3 cm³/mol. The summed E-state index contributed by atoms with van der Waals surface area (Å²) >= 11 is 0. The Morgan fingerprint density at radius 1 is 1.53 bits per heavy atom. The largest absolute Gasteiger partial charge is 0.376 e. The number of amides is 1. The summed E-state index contributed by atoms with van der Waals surface area (Å²) in [5.74, 6) is 0.323. The summed E-state index contributed by atoms with van der Waals surface area (Å²) in [6.07, 6.45) is 2.08. The molecule has 1 aliphatic rings. The highest BCUT2D eigenvalue weighted by molar-refractivity contribution is 5.95. The number of nitro groups is 1. The van der Waals surface area contributed by atoms with Crippen molar-refractivity contribution in [3.8, 4) is 0 Å². The summed E-state index contributed by atoms with van der Waals surface area (Å²) in [4.78, 5) is 22.1. The van der Waals surface area contributed by atoms with Gasteiger partial charge in [0, 0.05) is 24.7 Å². The van der Waals surface area contributed by atoms with E-state index in [9.17, 15) is 14.9 Å². The van der Waals surface area contributed by atoms with Gasteiger partial charge in [0.2, 0.25) is 0 Å². The molecule has 0 bridgehead atoms. The van der Waals surface area contributed by atoms with Crippen molar-refractivity contribution in [2.75, 3.05) is 12.4 Å². The molecule has 1 saturated carbocycles. The topological polar surface area (TPSA) is 84.3 Å². The highest BCUT2D eigenvalue weighted by atomic mass is 16.6. The first-order valence-corrected chi connectivity index (χ1v) is 6.33. The SMILES string of the molecule is CCC1CC1Nc1cc(C(=O)NC)ccc1[N+](=O)[O-]. The number of carbonyl (C=O) groups excluding carboxylic acids is 1. The van der Waals surface area contributed by atoms with Crippen molar-refractivity contribution in [1.82, 2.24) is 5.32 Å². The van der Waals surface area contributed by atoms with Gasteiger partial charge in [0.15, 0.2) is 0 Å². The molecule has 0 saturated heterocycles. The van der Waals surface area contributed by atoms with Gasteiger partial charge in [-0.2, -0.15) is 0 Å². The van der Waals surface area contributed by atoms with Gasteiger partial charge in [-0.1, -0.05) is 13.3 Å². The predicted octanol–water partition coefficient (Wildman–Crippen LogP) is 2.16. The maximum atomic E-state index is 11.6. The second-order valence-corrected chi connectivity index (χ2v) is 4.72. The third kappa shape index (κ3) is 2.83. The molecule has 0 heterocycles. The van der Waals surface area contributed by atoms with E-state index < -0.39 is 4.92 Å². The van der Waals surface area contributed by atoms with E-state index in [0.717, 1.165) is 12.8 Å². The van der Waals surface area contributed by atoms with Crippen LogP contribution in [0.3, 0.4) is 0 Å². The zero-order chi connectivity index (χ0) is 14.0. The van der Waals surface area contributed by atoms with Crippen LogP contribution in [0.2, 0.25) is 0 Å². The number of anilines is 1. The van der Waals surface area contributed by atoms with Crippen molar-refractivity contribution in [1.29, 1.82) is 0 Å². The molecule has 1 aromatic carbocycles. The van der Waals surface area contributed by atoms with E-state index in [0.29, 0.717) is 17.2 Å². The van der Waals surface area contributed by atoms with Crippen molar-refractivity contribution in [2.45, 2.75) is 25.8 Å². The van der Waals surface area contributed by atoms with Crippen LogP contribution in [0.25, 0.3) is 0 Å². The minimum Gasteiger partial charge on any atom is -0.376 e. The Kier molecular flexibility index (Phi) is 3.69. The molecular weight excluding hydrogens is 246 g/mol. The van der Waals surface area contributed by atoms with E-state index in [4.69, 9.17) is 0 Å². The summed E-state index contributed by atoms with van der Waals surface area (Å²) < 4.78 is 0. The molecule has 1 amide bonds. The number of nitrogens with one attached hydrogen (secondary N) is 2. The lowest BCUT2D eigenvalue weighted by Crippen LogP contribution is -2.18. The summed E-state index contributed by atoms with van der Waals surface area (Å²) in [5, 5.41) is 16.7. The number of rotatable bonds is 5. The standard InChI is InChI=1S/C13H17N3O3/c1-3-8-6-10(8)15-11-7-9(13(17)14-2)4-5-12(11)16(18)19/h4-5,7-8,10,15H,3,6H2,1-2H3,(H,14,17). The second kappa shape index (κ2) is 5.26. The first-order valence-electron chi connectivity index (χ1n) is 6.33. The van der Waals surface area contributed by atoms with Gasteiger partial charge in [-0.05, 0) is 24.5 Å². The molecule has 19 heavy (non-hydrogen) atoms. The number of benzene rings is 1. The molecule has 6 nitrogen and oxygen atoms in total. The van der Waals surface area contributed by atoms with E-state index in [1.54, 1.807) is 6.07 Å². The average Bonchev–Trinajstić information content (AvgIpc) is 3.15. The first-order chi connectivity index (χ1) is 9.06. The number of hydrogen-bond acceptors (Lipinski definition) is 4. The monoisotopic (exact) mass is 263 g/mol. The Bertz CT molecular complexity index is 516. The van der Waals surface area contributed by atoms with E-state index in [1.165, 1.54) is 19.2 Å². The Morgan fingerprint density at radius 2 is 2.26 bits per heavy atom. The molecule has 1 aromatic rings. The molecular formula is C13H17N3O3. The lowest BCUT2D eigenvalue weighted by molar-refractivity contribution is -0.384. The quantitative estimate of drug-likeness (QED) is 0.629. The molecule has 1 fully saturated rings. The van der Waals surface area contributed by atoms with Crippen LogP contribution in [0.1, 0.15) is 30.1 Å². The van der Waals surface area contributed by atoms with Gasteiger partial charge in [-0.25, -0.2) is 0 Å². The lowest BCUT2D eigenvalue weighted by Gasteiger charge is -2.08. The molecule has 6 heteroatoms. The van der Waals surface area contributed by atoms with Crippen LogP contribution >= 0.6 is 0 Å². The fraction of sp³-hybridized carbons (Fsp3) is 0.462. The van der Waals surface area contributed by atoms with Gasteiger partial charge < -0.3 is 10.6 Å². The van der Waals surface area contributed by atoms with E-state index in [1.807, 2.05) is 0 Å². The van der Waals surface area contributed by atoms with Crippen LogP contribution in [-0.2, 0) is 0 Å². The fourth-order valence-electron chi connectivity index (χ4n) is 2.17. The number of carbonyl (C=O) groups is 1. The van der Waals surface area contributed by atoms with Gasteiger partial charge in [0.1, 0.15) is 5.69 Å². The maximum absolute atomic E-state index is 11.6. The van der Waals surface area contributed by atoms with Crippen molar-refractivity contribution in [3.05, 3.63) is 33.9 Å². The molecule has 1 aliphatic carbocycles. The van der Waals surface area contributed by atoms with Crippen LogP contribution in [0.15, 0.2) is 18.2 Å². The molecule has 2 N–H and O–H groups in total. The van der Waals surface area contributed by atoms with E-state index in [2.05, 4.69) is 17.6 Å². The molecule has 2 atom stereocenters. The van der Waals surface area contributed by atoms with Gasteiger partial charge >= 0.3 is 0 Å². The van der Waals surface area contributed by atoms with Crippen molar-refractivity contribution in [2.24, 2.45) is 5.92 Å². The van der Waals surface area contributed by atoms with E-state index >= 15 is 0 Å². The molecule has 2 unspecified atom stereocenters. The summed E-state index contributed by atoms with van der Waals surface area (Å²) in [6.45, 7) is 2.10.